The van der Waals surface area contributed by atoms with Crippen LogP contribution in [0.3, 0.4) is 0 Å². The quantitative estimate of drug-likeness (QED) is 0.455. The topological polar surface area (TPSA) is 46.5 Å². The van der Waals surface area contributed by atoms with Gasteiger partial charge in [0.05, 0.1) is 6.61 Å². The van der Waals surface area contributed by atoms with Gasteiger partial charge in [0.25, 0.3) is 0 Å². The molecule has 1 rings (SSSR count). The van der Waals surface area contributed by atoms with E-state index in [9.17, 15) is 4.79 Å². The van der Waals surface area contributed by atoms with E-state index in [0.29, 0.717) is 19.4 Å². The Bertz CT molecular complexity index is 355. The predicted octanol–water partition coefficient (Wildman–Crippen LogP) is 2.88. The van der Waals surface area contributed by atoms with E-state index in [0.717, 1.165) is 5.75 Å². The summed E-state index contributed by atoms with van der Waals surface area (Å²) < 4.78 is 5.42. The minimum atomic E-state index is -0.237. The van der Waals surface area contributed by atoms with Crippen molar-refractivity contribution in [3.05, 3.63) is 42.2 Å². The lowest BCUT2D eigenvalue weighted by Crippen LogP contribution is -2.05. The van der Waals surface area contributed by atoms with Gasteiger partial charge in [0.2, 0.25) is 0 Å². The van der Waals surface area contributed by atoms with E-state index in [-0.39, 0.29) is 11.5 Å². The second-order valence-corrected chi connectivity index (χ2v) is 3.36. The third-order valence-corrected chi connectivity index (χ3v) is 2.12. The lowest BCUT2D eigenvalue weighted by Gasteiger charge is -2.04. The SMILES string of the molecule is CC=C(O)C(=O)CCCOc1ccccc1. The number of rotatable bonds is 6. The molecule has 1 N–H and O–H groups in total. The first kappa shape index (κ1) is 12.3. The Labute approximate surface area is 95.4 Å². The van der Waals surface area contributed by atoms with Gasteiger partial charge in [-0.2, -0.15) is 0 Å². The second kappa shape index (κ2) is 6.67. The van der Waals surface area contributed by atoms with Gasteiger partial charge in [0, 0.05) is 6.42 Å². The molecule has 0 unspecified atom stereocenters. The number of para-hydroxylation sites is 1. The second-order valence-electron chi connectivity index (χ2n) is 3.36. The molecular weight excluding hydrogens is 204 g/mol. The third-order valence-electron chi connectivity index (χ3n) is 2.12. The zero-order valence-corrected chi connectivity index (χ0v) is 9.35. The molecule has 0 saturated carbocycles. The molecule has 3 nitrogen and oxygen atoms in total. The van der Waals surface area contributed by atoms with Gasteiger partial charge >= 0.3 is 0 Å². The van der Waals surface area contributed by atoms with Crippen molar-refractivity contribution in [1.82, 2.24) is 0 Å². The molecular formula is C13H16O3. The summed E-state index contributed by atoms with van der Waals surface area (Å²) in [6.45, 7) is 2.11. The van der Waals surface area contributed by atoms with Gasteiger partial charge in [0.15, 0.2) is 11.5 Å². The maximum atomic E-state index is 11.2. The largest absolute Gasteiger partial charge is 0.505 e. The smallest absolute Gasteiger partial charge is 0.196 e. The number of ketones is 1. The maximum Gasteiger partial charge on any atom is 0.196 e. The molecule has 16 heavy (non-hydrogen) atoms. The van der Waals surface area contributed by atoms with Gasteiger partial charge < -0.3 is 9.84 Å². The van der Waals surface area contributed by atoms with Crippen molar-refractivity contribution in [3.63, 3.8) is 0 Å². The van der Waals surface area contributed by atoms with Crippen LogP contribution in [0.1, 0.15) is 19.8 Å². The summed E-state index contributed by atoms with van der Waals surface area (Å²) in [6.07, 6.45) is 2.31. The number of ether oxygens (including phenoxy) is 1. The molecule has 86 valence electrons. The van der Waals surface area contributed by atoms with E-state index in [2.05, 4.69) is 0 Å². The molecule has 0 amide bonds. The summed E-state index contributed by atoms with van der Waals surface area (Å²) in [7, 11) is 0. The van der Waals surface area contributed by atoms with Crippen LogP contribution in [0.2, 0.25) is 0 Å². The third kappa shape index (κ3) is 4.17. The van der Waals surface area contributed by atoms with E-state index in [4.69, 9.17) is 9.84 Å². The molecule has 3 heteroatoms. The minimum Gasteiger partial charge on any atom is -0.505 e. The number of aliphatic hydroxyl groups excluding tert-OH is 1. The number of benzene rings is 1. The molecule has 1 aromatic carbocycles. The highest BCUT2D eigenvalue weighted by Crippen LogP contribution is 2.09. The van der Waals surface area contributed by atoms with Crippen LogP contribution in [0.15, 0.2) is 42.2 Å². The fourth-order valence-corrected chi connectivity index (χ4v) is 1.23. The fraction of sp³-hybridized carbons (Fsp3) is 0.308. The Morgan fingerprint density at radius 1 is 1.38 bits per heavy atom. The van der Waals surface area contributed by atoms with Gasteiger partial charge in [-0.25, -0.2) is 0 Å². The monoisotopic (exact) mass is 220 g/mol. The van der Waals surface area contributed by atoms with Crippen molar-refractivity contribution in [2.24, 2.45) is 0 Å². The molecule has 0 aliphatic heterocycles. The molecule has 0 heterocycles. The first-order valence-corrected chi connectivity index (χ1v) is 5.30. The molecule has 0 aliphatic carbocycles. The summed E-state index contributed by atoms with van der Waals surface area (Å²) in [5.74, 6) is 0.393. The van der Waals surface area contributed by atoms with E-state index in [1.807, 2.05) is 30.3 Å². The molecule has 0 aliphatic rings. The zero-order valence-electron chi connectivity index (χ0n) is 9.35. The van der Waals surface area contributed by atoms with Gasteiger partial charge in [-0.05, 0) is 31.6 Å². The Kier molecular flexibility index (Phi) is 5.12. The number of carbonyl (C=O) groups excluding carboxylic acids is 1. The Balaban J connectivity index is 2.20. The van der Waals surface area contributed by atoms with Crippen LogP contribution in [-0.2, 0) is 4.79 Å². The average Bonchev–Trinajstić information content (AvgIpc) is 2.34. The van der Waals surface area contributed by atoms with Crippen LogP contribution in [0, 0.1) is 0 Å². The van der Waals surface area contributed by atoms with Crippen molar-refractivity contribution in [2.75, 3.05) is 6.61 Å². The van der Waals surface area contributed by atoms with Crippen LogP contribution in [-0.4, -0.2) is 17.5 Å². The van der Waals surface area contributed by atoms with Crippen molar-refractivity contribution >= 4 is 5.78 Å². The molecule has 1 aromatic rings. The summed E-state index contributed by atoms with van der Waals surface area (Å²) in [5.41, 5.74) is 0. The Morgan fingerprint density at radius 2 is 2.06 bits per heavy atom. The van der Waals surface area contributed by atoms with Crippen molar-refractivity contribution in [3.8, 4) is 5.75 Å². The maximum absolute atomic E-state index is 11.2. The molecule has 0 radical (unpaired) electrons. The average molecular weight is 220 g/mol. The molecule has 0 aromatic heterocycles. The van der Waals surface area contributed by atoms with Gasteiger partial charge in [-0.15, -0.1) is 0 Å². The normalized spacial score (nSPS) is 11.2. The number of Topliss-reactive ketones (excluding diaryl/α,β-unsaturated/α-hetero) is 1. The van der Waals surface area contributed by atoms with Crippen LogP contribution >= 0.6 is 0 Å². The highest BCUT2D eigenvalue weighted by molar-refractivity contribution is 5.92. The Hall–Kier alpha value is -1.77. The molecule has 0 spiro atoms. The van der Waals surface area contributed by atoms with Gasteiger partial charge in [-0.1, -0.05) is 18.2 Å². The lowest BCUT2D eigenvalue weighted by atomic mass is 10.2. The van der Waals surface area contributed by atoms with Crippen molar-refractivity contribution in [2.45, 2.75) is 19.8 Å². The molecule has 0 atom stereocenters. The number of allylic oxidation sites excluding steroid dienone is 2. The van der Waals surface area contributed by atoms with Crippen LogP contribution in [0.5, 0.6) is 5.75 Å². The van der Waals surface area contributed by atoms with Crippen LogP contribution in [0.4, 0.5) is 0 Å². The standard InChI is InChI=1S/C13H16O3/c1-2-12(14)13(15)9-6-10-16-11-7-4-3-5-8-11/h2-5,7-8,14H,6,9-10H2,1H3. The highest BCUT2D eigenvalue weighted by atomic mass is 16.5. The number of carbonyl (C=O) groups is 1. The van der Waals surface area contributed by atoms with Crippen molar-refractivity contribution in [1.29, 1.82) is 0 Å². The first-order chi connectivity index (χ1) is 7.74. The van der Waals surface area contributed by atoms with E-state index >= 15 is 0 Å². The summed E-state index contributed by atoms with van der Waals surface area (Å²) >= 11 is 0. The summed E-state index contributed by atoms with van der Waals surface area (Å²) in [4.78, 5) is 11.2. The van der Waals surface area contributed by atoms with Gasteiger partial charge in [-0.3, -0.25) is 4.79 Å². The Morgan fingerprint density at radius 3 is 2.69 bits per heavy atom. The highest BCUT2D eigenvalue weighted by Gasteiger charge is 2.05. The van der Waals surface area contributed by atoms with E-state index in [1.165, 1.54) is 6.08 Å². The molecule has 0 bridgehead atoms. The minimum absolute atomic E-state index is 0.167. The van der Waals surface area contributed by atoms with Crippen molar-refractivity contribution < 1.29 is 14.6 Å². The number of hydrogen-bond donors (Lipinski definition) is 1. The molecule has 0 fully saturated rings. The molecule has 0 saturated heterocycles. The van der Waals surface area contributed by atoms with Crippen LogP contribution in [0.25, 0.3) is 0 Å². The summed E-state index contributed by atoms with van der Waals surface area (Å²) in [6, 6.07) is 9.44. The van der Waals surface area contributed by atoms with Gasteiger partial charge in [0.1, 0.15) is 5.75 Å². The predicted molar refractivity (Wildman–Crippen MR) is 62.6 cm³/mol. The fourth-order valence-electron chi connectivity index (χ4n) is 1.23. The van der Waals surface area contributed by atoms with E-state index in [1.54, 1.807) is 6.92 Å². The van der Waals surface area contributed by atoms with Crippen LogP contribution < -0.4 is 4.74 Å². The number of aliphatic hydroxyl groups is 1. The van der Waals surface area contributed by atoms with E-state index < -0.39 is 0 Å². The number of hydrogen-bond acceptors (Lipinski definition) is 3. The zero-order chi connectivity index (χ0) is 11.8. The first-order valence-electron chi connectivity index (χ1n) is 5.30. The summed E-state index contributed by atoms with van der Waals surface area (Å²) in [5, 5.41) is 9.11. The lowest BCUT2D eigenvalue weighted by molar-refractivity contribution is -0.118.